The Kier molecular flexibility index (Phi) is 7.99. The van der Waals surface area contributed by atoms with Crippen LogP contribution >= 0.6 is 8.03 Å². The van der Waals surface area contributed by atoms with Gasteiger partial charge in [-0.2, -0.15) is 0 Å². The molecule has 0 spiro atoms. The SMILES string of the molecule is Cc1cc(-c2nc3ccccc3c(C(C)C)c2C#COC(=O)CC(O)C[PH](=O)O)ccc1F. The predicted octanol–water partition coefficient (Wildman–Crippen LogP) is 4.54. The Bertz CT molecular complexity index is 1280. The van der Waals surface area contributed by atoms with Gasteiger partial charge < -0.3 is 14.7 Å². The molecule has 2 N–H and O–H groups in total. The molecule has 6 nitrogen and oxygen atoms in total. The molecule has 2 unspecified atom stereocenters. The zero-order chi connectivity index (χ0) is 24.1. The van der Waals surface area contributed by atoms with E-state index in [2.05, 4.69) is 12.0 Å². The highest BCUT2D eigenvalue weighted by Crippen LogP contribution is 2.34. The molecule has 0 aliphatic heterocycles. The van der Waals surface area contributed by atoms with Crippen LogP contribution in [-0.2, 0) is 14.1 Å². The van der Waals surface area contributed by atoms with Crippen LogP contribution in [0.2, 0.25) is 0 Å². The maximum absolute atomic E-state index is 13.9. The fourth-order valence-corrected chi connectivity index (χ4v) is 4.15. The summed E-state index contributed by atoms with van der Waals surface area (Å²) in [5.74, 6) is 1.82. The van der Waals surface area contributed by atoms with Gasteiger partial charge in [-0.25, -0.2) is 9.37 Å². The average molecular weight is 469 g/mol. The molecule has 0 bridgehead atoms. The number of carbonyl (C=O) groups is 1. The first-order chi connectivity index (χ1) is 15.7. The number of ether oxygens (including phenoxy) is 1. The van der Waals surface area contributed by atoms with Gasteiger partial charge in [0.05, 0.1) is 29.3 Å². The molecule has 3 aromatic rings. The number of pyridine rings is 1. The van der Waals surface area contributed by atoms with Gasteiger partial charge in [-0.3, -0.25) is 9.36 Å². The summed E-state index contributed by atoms with van der Waals surface area (Å²) in [4.78, 5) is 25.6. The summed E-state index contributed by atoms with van der Waals surface area (Å²) in [6.07, 6.45) is 0.300. The first kappa shape index (κ1) is 24.6. The second-order valence-electron chi connectivity index (χ2n) is 8.04. The number of aliphatic hydroxyl groups is 1. The van der Waals surface area contributed by atoms with Crippen molar-refractivity contribution in [1.29, 1.82) is 0 Å². The number of benzene rings is 2. The van der Waals surface area contributed by atoms with E-state index in [4.69, 9.17) is 14.6 Å². The van der Waals surface area contributed by atoms with Crippen molar-refractivity contribution in [3.05, 3.63) is 65.0 Å². The number of halogens is 1. The maximum atomic E-state index is 13.9. The molecule has 0 aliphatic carbocycles. The fourth-order valence-electron chi connectivity index (χ4n) is 3.61. The summed E-state index contributed by atoms with van der Waals surface area (Å²) >= 11 is 0. The van der Waals surface area contributed by atoms with Gasteiger partial charge in [-0.15, -0.1) is 0 Å². The molecule has 3 rings (SSSR count). The summed E-state index contributed by atoms with van der Waals surface area (Å²) in [5, 5.41) is 10.6. The second-order valence-corrected chi connectivity index (χ2v) is 9.24. The third kappa shape index (κ3) is 6.06. The minimum atomic E-state index is -2.90. The molecule has 0 fully saturated rings. The monoisotopic (exact) mass is 469 g/mol. The zero-order valence-corrected chi connectivity index (χ0v) is 19.6. The number of esters is 1. The lowest BCUT2D eigenvalue weighted by atomic mass is 9.90. The van der Waals surface area contributed by atoms with E-state index in [9.17, 15) is 18.9 Å². The number of aryl methyl sites for hydroxylation is 1. The Morgan fingerprint density at radius 2 is 1.97 bits per heavy atom. The standard InChI is InChI=1S/C25H25FNO5P/c1-15(2)24-19-6-4-5-7-22(19)27-25(17-8-9-21(26)16(3)12-17)20(24)10-11-32-23(29)13-18(28)14-33(30)31/h4-9,12,15,18,28,33H,13-14H2,1-3H3,(H,30,31). The molecule has 0 radical (unpaired) electrons. The van der Waals surface area contributed by atoms with Gasteiger partial charge in [-0.05, 0) is 54.2 Å². The van der Waals surface area contributed by atoms with Gasteiger partial charge in [0.1, 0.15) is 11.9 Å². The quantitative estimate of drug-likeness (QED) is 0.313. The largest absolute Gasteiger partial charge is 0.392 e. The molecule has 0 saturated heterocycles. The Hall–Kier alpha value is -3.04. The fraction of sp³-hybridized carbons (Fsp3) is 0.280. The normalized spacial score (nSPS) is 12.8. The molecule has 2 atom stereocenters. The van der Waals surface area contributed by atoms with Crippen molar-refractivity contribution in [2.45, 2.75) is 39.2 Å². The number of fused-ring (bicyclic) bond motifs is 1. The van der Waals surface area contributed by atoms with Crippen molar-refractivity contribution < 1.29 is 28.5 Å². The number of hydrogen-bond acceptors (Lipinski definition) is 5. The van der Waals surface area contributed by atoms with E-state index in [0.29, 0.717) is 22.4 Å². The van der Waals surface area contributed by atoms with Crippen molar-refractivity contribution in [3.8, 4) is 23.3 Å². The molecule has 1 heterocycles. The van der Waals surface area contributed by atoms with Crippen molar-refractivity contribution in [2.24, 2.45) is 0 Å². The van der Waals surface area contributed by atoms with Gasteiger partial charge in [0.15, 0.2) is 8.03 Å². The van der Waals surface area contributed by atoms with Gasteiger partial charge >= 0.3 is 5.97 Å². The molecule has 172 valence electrons. The van der Waals surface area contributed by atoms with E-state index in [0.717, 1.165) is 16.5 Å². The van der Waals surface area contributed by atoms with E-state index in [-0.39, 0.29) is 17.9 Å². The highest BCUT2D eigenvalue weighted by atomic mass is 31.1. The third-order valence-corrected chi connectivity index (χ3v) is 5.92. The Morgan fingerprint density at radius 1 is 1.24 bits per heavy atom. The summed E-state index contributed by atoms with van der Waals surface area (Å²) in [7, 11) is -2.90. The minimum Gasteiger partial charge on any atom is -0.392 e. The number of hydrogen-bond donors (Lipinski definition) is 2. The Morgan fingerprint density at radius 3 is 2.64 bits per heavy atom. The third-order valence-electron chi connectivity index (χ3n) is 5.09. The Balaban J connectivity index is 2.08. The van der Waals surface area contributed by atoms with E-state index < -0.39 is 26.5 Å². The molecule has 0 saturated carbocycles. The van der Waals surface area contributed by atoms with Crippen LogP contribution in [0.5, 0.6) is 0 Å². The van der Waals surface area contributed by atoms with Crippen LogP contribution < -0.4 is 0 Å². The smallest absolute Gasteiger partial charge is 0.322 e. The summed E-state index contributed by atoms with van der Waals surface area (Å²) in [5.41, 5.74) is 3.94. The van der Waals surface area contributed by atoms with Crippen LogP contribution in [-0.4, -0.2) is 33.2 Å². The number of carbonyl (C=O) groups excluding carboxylic acids is 1. The lowest BCUT2D eigenvalue weighted by molar-refractivity contribution is -0.138. The highest BCUT2D eigenvalue weighted by Gasteiger charge is 2.19. The number of aliphatic hydroxyl groups excluding tert-OH is 1. The first-order valence-electron chi connectivity index (χ1n) is 10.5. The van der Waals surface area contributed by atoms with Crippen LogP contribution in [0.15, 0.2) is 42.5 Å². The van der Waals surface area contributed by atoms with Crippen LogP contribution in [0.1, 0.15) is 42.9 Å². The molecular weight excluding hydrogens is 444 g/mol. The van der Waals surface area contributed by atoms with Crippen molar-refractivity contribution in [3.63, 3.8) is 0 Å². The van der Waals surface area contributed by atoms with Gasteiger partial charge in [0.2, 0.25) is 0 Å². The lowest BCUT2D eigenvalue weighted by Crippen LogP contribution is -2.16. The van der Waals surface area contributed by atoms with Gasteiger partial charge in [-0.1, -0.05) is 32.0 Å². The molecular formula is C25H25FNO5P. The van der Waals surface area contributed by atoms with E-state index in [1.165, 1.54) is 6.07 Å². The van der Waals surface area contributed by atoms with Gasteiger partial charge in [0, 0.05) is 17.1 Å². The van der Waals surface area contributed by atoms with E-state index >= 15 is 0 Å². The topological polar surface area (TPSA) is 96.7 Å². The van der Waals surface area contributed by atoms with Crippen molar-refractivity contribution in [2.75, 3.05) is 6.16 Å². The molecule has 0 aliphatic rings. The van der Waals surface area contributed by atoms with Gasteiger partial charge in [0.25, 0.3) is 0 Å². The summed E-state index contributed by atoms with van der Waals surface area (Å²) in [6, 6.07) is 12.3. The number of aromatic nitrogens is 1. The summed E-state index contributed by atoms with van der Waals surface area (Å²) in [6.45, 7) is 5.71. The van der Waals surface area contributed by atoms with Crippen LogP contribution in [0, 0.1) is 24.8 Å². The molecule has 33 heavy (non-hydrogen) atoms. The van der Waals surface area contributed by atoms with Crippen LogP contribution in [0.4, 0.5) is 4.39 Å². The van der Waals surface area contributed by atoms with E-state index in [1.807, 2.05) is 38.1 Å². The number of nitrogens with zero attached hydrogens (tertiary/aromatic N) is 1. The first-order valence-corrected chi connectivity index (χ1v) is 12.0. The highest BCUT2D eigenvalue weighted by molar-refractivity contribution is 7.38. The number of rotatable bonds is 6. The van der Waals surface area contributed by atoms with Crippen LogP contribution in [0.3, 0.4) is 0 Å². The van der Waals surface area contributed by atoms with Crippen molar-refractivity contribution >= 4 is 24.9 Å². The van der Waals surface area contributed by atoms with Crippen molar-refractivity contribution in [1.82, 2.24) is 4.98 Å². The van der Waals surface area contributed by atoms with Crippen LogP contribution in [0.25, 0.3) is 22.2 Å². The molecule has 0 amide bonds. The Labute approximate surface area is 192 Å². The second kappa shape index (κ2) is 10.7. The maximum Gasteiger partial charge on any atom is 0.322 e. The summed E-state index contributed by atoms with van der Waals surface area (Å²) < 4.78 is 29.7. The lowest BCUT2D eigenvalue weighted by Gasteiger charge is -2.17. The molecule has 1 aromatic heterocycles. The molecule has 2 aromatic carbocycles. The zero-order valence-electron chi connectivity index (χ0n) is 18.6. The predicted molar refractivity (Wildman–Crippen MR) is 126 cm³/mol. The number of para-hydroxylation sites is 1. The molecule has 8 heteroatoms. The van der Waals surface area contributed by atoms with E-state index in [1.54, 1.807) is 19.1 Å². The minimum absolute atomic E-state index is 0.0576. The average Bonchev–Trinajstić information content (AvgIpc) is 2.74.